The van der Waals surface area contributed by atoms with Crippen molar-refractivity contribution in [3.8, 4) is 0 Å². The predicted octanol–water partition coefficient (Wildman–Crippen LogP) is 2.01. The molecule has 0 unspecified atom stereocenters. The smallest absolute Gasteiger partial charge is 0.325 e. The molecule has 0 spiro atoms. The van der Waals surface area contributed by atoms with Gasteiger partial charge in [-0.05, 0) is 26.3 Å². The van der Waals surface area contributed by atoms with Crippen molar-refractivity contribution in [1.29, 1.82) is 0 Å². The third-order valence-electron chi connectivity index (χ3n) is 4.59. The van der Waals surface area contributed by atoms with Crippen molar-refractivity contribution in [2.75, 3.05) is 19.0 Å². The fourth-order valence-corrected chi connectivity index (χ4v) is 5.28. The zero-order valence-corrected chi connectivity index (χ0v) is 15.8. The molecule has 1 saturated carbocycles. The molecular formula is C18H24O6S. The third-order valence-corrected chi connectivity index (χ3v) is 6.81. The molecule has 25 heavy (non-hydrogen) atoms. The number of esters is 2. The van der Waals surface area contributed by atoms with Gasteiger partial charge in [0.25, 0.3) is 0 Å². The Hall–Kier alpha value is -1.89. The number of benzene rings is 1. The normalized spacial score (nSPS) is 21.4. The molecule has 6 nitrogen and oxygen atoms in total. The first-order valence-electron chi connectivity index (χ1n) is 8.39. The second-order valence-corrected chi connectivity index (χ2v) is 8.48. The highest BCUT2D eigenvalue weighted by atomic mass is 32.2. The number of hydrogen-bond donors (Lipinski definition) is 0. The summed E-state index contributed by atoms with van der Waals surface area (Å²) in [4.78, 5) is 25.4. The fourth-order valence-electron chi connectivity index (χ4n) is 3.31. The minimum absolute atomic E-state index is 0.0551. The van der Waals surface area contributed by atoms with Gasteiger partial charge in [0.1, 0.15) is 0 Å². The van der Waals surface area contributed by atoms with Gasteiger partial charge in [0.05, 0.1) is 18.5 Å². The highest BCUT2D eigenvalue weighted by Crippen LogP contribution is 2.64. The Morgan fingerprint density at radius 2 is 1.48 bits per heavy atom. The van der Waals surface area contributed by atoms with Crippen LogP contribution in [0.25, 0.3) is 0 Å². The summed E-state index contributed by atoms with van der Waals surface area (Å²) in [7, 11) is -3.67. The summed E-state index contributed by atoms with van der Waals surface area (Å²) >= 11 is 0. The molecule has 138 valence electrons. The first-order chi connectivity index (χ1) is 11.8. The standard InChI is InChI=1S/C18H24O6S/c1-5-23-16(19)18(17(20)24-6-2)14(15(18)25(21,22)7-3)13-10-8-12(4)9-11-13/h8-11,14-15H,5-7H2,1-4H3/t14-,15-/m1/s1. The molecule has 0 radical (unpaired) electrons. The van der Waals surface area contributed by atoms with Crippen molar-refractivity contribution in [2.24, 2.45) is 5.41 Å². The van der Waals surface area contributed by atoms with Crippen LogP contribution in [0.2, 0.25) is 0 Å². The number of aryl methyl sites for hydroxylation is 1. The Labute approximate surface area is 148 Å². The first-order valence-corrected chi connectivity index (χ1v) is 10.1. The number of sulfone groups is 1. The molecular weight excluding hydrogens is 344 g/mol. The van der Waals surface area contributed by atoms with Gasteiger partial charge >= 0.3 is 11.9 Å². The quantitative estimate of drug-likeness (QED) is 0.540. The molecule has 1 aliphatic rings. The van der Waals surface area contributed by atoms with Crippen molar-refractivity contribution in [3.63, 3.8) is 0 Å². The summed E-state index contributed by atoms with van der Waals surface area (Å²) in [5.41, 5.74) is -0.207. The highest BCUT2D eigenvalue weighted by Gasteiger charge is 2.81. The minimum atomic E-state index is -3.67. The lowest BCUT2D eigenvalue weighted by Crippen LogP contribution is -2.36. The van der Waals surface area contributed by atoms with Crippen LogP contribution in [-0.4, -0.2) is 44.6 Å². The Morgan fingerprint density at radius 1 is 1.00 bits per heavy atom. The van der Waals surface area contributed by atoms with E-state index in [9.17, 15) is 18.0 Å². The topological polar surface area (TPSA) is 86.7 Å². The van der Waals surface area contributed by atoms with Crippen LogP contribution in [0.3, 0.4) is 0 Å². The van der Waals surface area contributed by atoms with Gasteiger partial charge in [0, 0.05) is 11.7 Å². The fraction of sp³-hybridized carbons (Fsp3) is 0.556. The van der Waals surface area contributed by atoms with Gasteiger partial charge in [-0.3, -0.25) is 9.59 Å². The highest BCUT2D eigenvalue weighted by molar-refractivity contribution is 7.92. The molecule has 1 aromatic carbocycles. The van der Waals surface area contributed by atoms with E-state index in [2.05, 4.69) is 0 Å². The third kappa shape index (κ3) is 3.17. The maximum atomic E-state index is 12.7. The molecule has 2 atom stereocenters. The summed E-state index contributed by atoms with van der Waals surface area (Å²) in [5, 5.41) is -1.16. The molecule has 1 aliphatic carbocycles. The van der Waals surface area contributed by atoms with Gasteiger partial charge in [-0.2, -0.15) is 0 Å². The van der Waals surface area contributed by atoms with Gasteiger partial charge in [0.2, 0.25) is 0 Å². The van der Waals surface area contributed by atoms with E-state index in [-0.39, 0.29) is 19.0 Å². The SMILES string of the molecule is CCOC(=O)C1(C(=O)OCC)[C@H](c2ccc(C)cc2)[C@H]1S(=O)(=O)CC. The van der Waals surface area contributed by atoms with E-state index < -0.39 is 38.4 Å². The lowest BCUT2D eigenvalue weighted by atomic mass is 9.98. The van der Waals surface area contributed by atoms with E-state index >= 15 is 0 Å². The van der Waals surface area contributed by atoms with Crippen LogP contribution in [-0.2, 0) is 28.9 Å². The Morgan fingerprint density at radius 3 is 1.88 bits per heavy atom. The molecule has 1 fully saturated rings. The second-order valence-electron chi connectivity index (χ2n) is 6.07. The van der Waals surface area contributed by atoms with Crippen LogP contribution in [0.5, 0.6) is 0 Å². The van der Waals surface area contributed by atoms with Crippen molar-refractivity contribution < 1.29 is 27.5 Å². The lowest BCUT2D eigenvalue weighted by molar-refractivity contribution is -0.164. The van der Waals surface area contributed by atoms with Gasteiger partial charge < -0.3 is 9.47 Å². The minimum Gasteiger partial charge on any atom is -0.465 e. The molecule has 7 heteroatoms. The Kier molecular flexibility index (Phi) is 5.56. The largest absolute Gasteiger partial charge is 0.465 e. The molecule has 0 aliphatic heterocycles. The van der Waals surface area contributed by atoms with E-state index in [1.807, 2.05) is 19.1 Å². The molecule has 0 N–H and O–H groups in total. The summed E-state index contributed by atoms with van der Waals surface area (Å²) in [6, 6.07) is 7.14. The van der Waals surface area contributed by atoms with Gasteiger partial charge in [-0.1, -0.05) is 36.8 Å². The Bertz CT molecular complexity index is 732. The van der Waals surface area contributed by atoms with Crippen LogP contribution in [0.15, 0.2) is 24.3 Å². The number of ether oxygens (including phenoxy) is 2. The molecule has 0 saturated heterocycles. The van der Waals surface area contributed by atoms with Crippen LogP contribution < -0.4 is 0 Å². The van der Waals surface area contributed by atoms with Crippen molar-refractivity contribution in [1.82, 2.24) is 0 Å². The van der Waals surface area contributed by atoms with Crippen LogP contribution in [0.1, 0.15) is 37.8 Å². The zero-order valence-electron chi connectivity index (χ0n) is 14.9. The summed E-state index contributed by atoms with van der Waals surface area (Å²) in [6.45, 7) is 6.74. The monoisotopic (exact) mass is 368 g/mol. The number of carbonyl (C=O) groups is 2. The van der Waals surface area contributed by atoms with E-state index in [1.54, 1.807) is 26.0 Å². The van der Waals surface area contributed by atoms with E-state index in [0.29, 0.717) is 5.56 Å². The maximum Gasteiger partial charge on any atom is 0.325 e. The molecule has 0 bridgehead atoms. The average molecular weight is 368 g/mol. The first kappa shape index (κ1) is 19.4. The van der Waals surface area contributed by atoms with Gasteiger partial charge in [-0.25, -0.2) is 8.42 Å². The van der Waals surface area contributed by atoms with Crippen molar-refractivity contribution in [2.45, 2.75) is 38.9 Å². The van der Waals surface area contributed by atoms with Crippen molar-refractivity contribution >= 4 is 21.8 Å². The average Bonchev–Trinajstić information content (AvgIpc) is 3.28. The molecule has 0 amide bonds. The van der Waals surface area contributed by atoms with Crippen molar-refractivity contribution in [3.05, 3.63) is 35.4 Å². The number of rotatable bonds is 7. The van der Waals surface area contributed by atoms with Gasteiger partial charge in [-0.15, -0.1) is 0 Å². The summed E-state index contributed by atoms with van der Waals surface area (Å²) in [5.74, 6) is -2.63. The summed E-state index contributed by atoms with van der Waals surface area (Å²) < 4.78 is 35.4. The maximum absolute atomic E-state index is 12.7. The second kappa shape index (κ2) is 7.15. The lowest BCUT2D eigenvalue weighted by Gasteiger charge is -2.15. The van der Waals surface area contributed by atoms with Gasteiger partial charge in [0.15, 0.2) is 15.3 Å². The van der Waals surface area contributed by atoms with Crippen LogP contribution >= 0.6 is 0 Å². The van der Waals surface area contributed by atoms with E-state index in [1.165, 1.54) is 6.92 Å². The van der Waals surface area contributed by atoms with Crippen LogP contribution in [0, 0.1) is 12.3 Å². The molecule has 0 heterocycles. The Balaban J connectivity index is 2.61. The summed E-state index contributed by atoms with van der Waals surface area (Å²) in [6.07, 6.45) is 0. The number of hydrogen-bond acceptors (Lipinski definition) is 6. The molecule has 1 aromatic rings. The molecule has 2 rings (SSSR count). The van der Waals surface area contributed by atoms with E-state index in [0.717, 1.165) is 5.56 Å². The van der Waals surface area contributed by atoms with E-state index in [4.69, 9.17) is 9.47 Å². The number of carbonyl (C=O) groups excluding carboxylic acids is 2. The molecule has 0 aromatic heterocycles. The predicted molar refractivity (Wildman–Crippen MR) is 92.9 cm³/mol. The van der Waals surface area contributed by atoms with Crippen LogP contribution in [0.4, 0.5) is 0 Å². The zero-order chi connectivity index (χ0) is 18.8.